The Kier molecular flexibility index (Phi) is 4.21. The van der Waals surface area contributed by atoms with Gasteiger partial charge in [-0.2, -0.15) is 0 Å². The zero-order valence-electron chi connectivity index (χ0n) is 10.9. The highest BCUT2D eigenvalue weighted by molar-refractivity contribution is 5.62. The van der Waals surface area contributed by atoms with E-state index in [0.29, 0.717) is 23.7 Å². The van der Waals surface area contributed by atoms with Crippen molar-refractivity contribution >= 4 is 11.4 Å². The van der Waals surface area contributed by atoms with E-state index in [4.69, 9.17) is 10.5 Å². The molecule has 0 saturated heterocycles. The van der Waals surface area contributed by atoms with Gasteiger partial charge in [0.05, 0.1) is 18.5 Å². The number of nitrogens with two attached hydrogens (primary N) is 1. The molecule has 17 heavy (non-hydrogen) atoms. The Bertz CT molecular complexity index is 386. The van der Waals surface area contributed by atoms with Gasteiger partial charge in [-0.1, -0.05) is 20.8 Å². The molecule has 3 N–H and O–H groups in total. The molecule has 0 saturated carbocycles. The Balaban J connectivity index is 2.71. The molecule has 1 rings (SSSR count). The number of benzene rings is 1. The van der Waals surface area contributed by atoms with Gasteiger partial charge >= 0.3 is 0 Å². The SMILES string of the molecule is COc1cc(NCCC(C)(C)C)c(F)cc1N. The van der Waals surface area contributed by atoms with Gasteiger partial charge in [0.25, 0.3) is 0 Å². The maximum atomic E-state index is 13.6. The molecule has 0 aliphatic carbocycles. The summed E-state index contributed by atoms with van der Waals surface area (Å²) in [6.45, 7) is 7.16. The predicted molar refractivity (Wildman–Crippen MR) is 69.9 cm³/mol. The molecular formula is C13H21FN2O. The van der Waals surface area contributed by atoms with Gasteiger partial charge in [0.15, 0.2) is 0 Å². The van der Waals surface area contributed by atoms with Crippen LogP contribution >= 0.6 is 0 Å². The highest BCUT2D eigenvalue weighted by Crippen LogP contribution is 2.28. The maximum absolute atomic E-state index is 13.6. The second kappa shape index (κ2) is 5.25. The highest BCUT2D eigenvalue weighted by atomic mass is 19.1. The van der Waals surface area contributed by atoms with Crippen LogP contribution in [0, 0.1) is 11.2 Å². The standard InChI is InChI=1S/C13H21FN2O/c1-13(2,3)5-6-16-11-8-12(17-4)10(15)7-9(11)14/h7-8,16H,5-6,15H2,1-4H3. The molecule has 0 bridgehead atoms. The van der Waals surface area contributed by atoms with E-state index < -0.39 is 0 Å². The molecule has 0 amide bonds. The number of anilines is 2. The number of halogens is 1. The molecule has 0 radical (unpaired) electrons. The first-order chi connectivity index (χ1) is 7.83. The van der Waals surface area contributed by atoms with Crippen molar-refractivity contribution in [2.24, 2.45) is 5.41 Å². The number of rotatable bonds is 4. The van der Waals surface area contributed by atoms with E-state index in [2.05, 4.69) is 26.1 Å². The van der Waals surface area contributed by atoms with Crippen molar-refractivity contribution in [3.05, 3.63) is 17.9 Å². The molecular weight excluding hydrogens is 219 g/mol. The molecule has 96 valence electrons. The quantitative estimate of drug-likeness (QED) is 0.794. The van der Waals surface area contributed by atoms with Gasteiger partial charge in [0.2, 0.25) is 0 Å². The highest BCUT2D eigenvalue weighted by Gasteiger charge is 2.11. The van der Waals surface area contributed by atoms with Gasteiger partial charge in [-0.15, -0.1) is 0 Å². The Hall–Kier alpha value is -1.45. The number of nitrogens with one attached hydrogen (secondary N) is 1. The summed E-state index contributed by atoms with van der Waals surface area (Å²) < 4.78 is 18.6. The minimum Gasteiger partial charge on any atom is -0.495 e. The van der Waals surface area contributed by atoms with Crippen LogP contribution in [0.25, 0.3) is 0 Å². The Morgan fingerprint density at radius 3 is 2.53 bits per heavy atom. The van der Waals surface area contributed by atoms with Crippen molar-refractivity contribution in [1.29, 1.82) is 0 Å². The normalized spacial score (nSPS) is 11.4. The molecule has 1 aromatic carbocycles. The number of hydrogen-bond acceptors (Lipinski definition) is 3. The molecule has 0 fully saturated rings. The smallest absolute Gasteiger partial charge is 0.148 e. The first-order valence-corrected chi connectivity index (χ1v) is 5.70. The number of nitrogen functional groups attached to an aromatic ring is 1. The third kappa shape index (κ3) is 4.13. The third-order valence-electron chi connectivity index (χ3n) is 2.51. The molecule has 4 heteroatoms. The summed E-state index contributed by atoms with van der Waals surface area (Å²) in [4.78, 5) is 0. The van der Waals surface area contributed by atoms with Gasteiger partial charge in [-0.3, -0.25) is 0 Å². The Morgan fingerprint density at radius 1 is 1.35 bits per heavy atom. The van der Waals surface area contributed by atoms with E-state index in [1.807, 2.05) is 0 Å². The average molecular weight is 240 g/mol. The summed E-state index contributed by atoms with van der Waals surface area (Å²) in [6, 6.07) is 2.87. The fourth-order valence-corrected chi connectivity index (χ4v) is 1.45. The van der Waals surface area contributed by atoms with Crippen LogP contribution in [-0.4, -0.2) is 13.7 Å². The maximum Gasteiger partial charge on any atom is 0.148 e. The van der Waals surface area contributed by atoms with Crippen molar-refractivity contribution in [1.82, 2.24) is 0 Å². The average Bonchev–Trinajstić information content (AvgIpc) is 2.19. The third-order valence-corrected chi connectivity index (χ3v) is 2.51. The molecule has 0 aliphatic rings. The molecule has 0 spiro atoms. The predicted octanol–water partition coefficient (Wildman–Crippen LogP) is 3.26. The lowest BCUT2D eigenvalue weighted by atomic mass is 9.92. The van der Waals surface area contributed by atoms with Gasteiger partial charge < -0.3 is 15.8 Å². The summed E-state index contributed by atoms with van der Waals surface area (Å²) in [5.41, 5.74) is 6.57. The second-order valence-electron chi connectivity index (χ2n) is 5.31. The minimum absolute atomic E-state index is 0.224. The largest absolute Gasteiger partial charge is 0.495 e. The summed E-state index contributed by atoms with van der Waals surface area (Å²) in [7, 11) is 1.52. The minimum atomic E-state index is -0.350. The van der Waals surface area contributed by atoms with E-state index in [1.54, 1.807) is 6.07 Å². The van der Waals surface area contributed by atoms with E-state index >= 15 is 0 Å². The van der Waals surface area contributed by atoms with Crippen LogP contribution in [0.2, 0.25) is 0 Å². The molecule has 1 aromatic rings. The molecule has 0 unspecified atom stereocenters. The zero-order valence-corrected chi connectivity index (χ0v) is 10.9. The van der Waals surface area contributed by atoms with E-state index in [-0.39, 0.29) is 11.2 Å². The van der Waals surface area contributed by atoms with Crippen LogP contribution in [0.3, 0.4) is 0 Å². The summed E-state index contributed by atoms with van der Waals surface area (Å²) in [5.74, 6) is 0.141. The zero-order chi connectivity index (χ0) is 13.1. The van der Waals surface area contributed by atoms with E-state index in [1.165, 1.54) is 13.2 Å². The van der Waals surface area contributed by atoms with Crippen LogP contribution in [0.5, 0.6) is 5.75 Å². The number of hydrogen-bond donors (Lipinski definition) is 2. The lowest BCUT2D eigenvalue weighted by molar-refractivity contribution is 0.389. The van der Waals surface area contributed by atoms with Crippen LogP contribution in [-0.2, 0) is 0 Å². The van der Waals surface area contributed by atoms with Gasteiger partial charge in [0.1, 0.15) is 11.6 Å². The van der Waals surface area contributed by atoms with Crippen molar-refractivity contribution in [3.8, 4) is 5.75 Å². The van der Waals surface area contributed by atoms with Crippen LogP contribution in [0.15, 0.2) is 12.1 Å². The first-order valence-electron chi connectivity index (χ1n) is 5.70. The van der Waals surface area contributed by atoms with Crippen molar-refractivity contribution in [2.45, 2.75) is 27.2 Å². The van der Waals surface area contributed by atoms with Crippen molar-refractivity contribution in [3.63, 3.8) is 0 Å². The number of methoxy groups -OCH3 is 1. The second-order valence-corrected chi connectivity index (χ2v) is 5.31. The van der Waals surface area contributed by atoms with E-state index in [9.17, 15) is 4.39 Å². The topological polar surface area (TPSA) is 47.3 Å². The summed E-state index contributed by atoms with van der Waals surface area (Å²) in [5, 5.41) is 3.06. The Labute approximate surface area is 102 Å². The lowest BCUT2D eigenvalue weighted by Gasteiger charge is -2.19. The molecule has 0 heterocycles. The summed E-state index contributed by atoms with van der Waals surface area (Å²) in [6.07, 6.45) is 0.957. The molecule has 0 aliphatic heterocycles. The van der Waals surface area contributed by atoms with E-state index in [0.717, 1.165) is 6.42 Å². The van der Waals surface area contributed by atoms with Crippen molar-refractivity contribution < 1.29 is 9.13 Å². The molecule has 0 aromatic heterocycles. The molecule has 3 nitrogen and oxygen atoms in total. The van der Waals surface area contributed by atoms with Crippen molar-refractivity contribution in [2.75, 3.05) is 24.7 Å². The summed E-state index contributed by atoms with van der Waals surface area (Å²) >= 11 is 0. The lowest BCUT2D eigenvalue weighted by Crippen LogP contribution is -2.13. The van der Waals surface area contributed by atoms with Gasteiger partial charge in [-0.25, -0.2) is 4.39 Å². The first kappa shape index (κ1) is 13.6. The van der Waals surface area contributed by atoms with Crippen LogP contribution in [0.4, 0.5) is 15.8 Å². The fraction of sp³-hybridized carbons (Fsp3) is 0.538. The fourth-order valence-electron chi connectivity index (χ4n) is 1.45. The van der Waals surface area contributed by atoms with Crippen LogP contribution in [0.1, 0.15) is 27.2 Å². The van der Waals surface area contributed by atoms with Gasteiger partial charge in [0, 0.05) is 18.7 Å². The molecule has 0 atom stereocenters. The van der Waals surface area contributed by atoms with Crippen LogP contribution < -0.4 is 15.8 Å². The monoisotopic (exact) mass is 240 g/mol. The van der Waals surface area contributed by atoms with Gasteiger partial charge in [-0.05, 0) is 11.8 Å². The number of ether oxygens (including phenoxy) is 1. The Morgan fingerprint density at radius 2 is 2.00 bits per heavy atom.